The van der Waals surface area contributed by atoms with Crippen molar-refractivity contribution >= 4 is 17.7 Å². The van der Waals surface area contributed by atoms with Crippen LogP contribution in [0.15, 0.2) is 18.3 Å². The third-order valence-electron chi connectivity index (χ3n) is 3.41. The third-order valence-corrected chi connectivity index (χ3v) is 3.41. The molecule has 0 saturated carbocycles. The number of aliphatic carboxylic acids is 1. The largest absolute Gasteiger partial charge is 0.481 e. The Balaban J connectivity index is 1.91. The Morgan fingerprint density at radius 3 is 2.95 bits per heavy atom. The van der Waals surface area contributed by atoms with E-state index in [1.54, 1.807) is 24.1 Å². The minimum atomic E-state index is -0.932. The molecule has 2 rings (SSSR count). The number of ether oxygens (including phenoxy) is 1. The maximum absolute atomic E-state index is 12.1. The number of pyridine rings is 1. The number of hydrogen-bond acceptors (Lipinski definition) is 4. The van der Waals surface area contributed by atoms with Crippen molar-refractivity contribution in [3.63, 3.8) is 0 Å². The number of anilines is 1. The lowest BCUT2D eigenvalue weighted by molar-refractivity contribution is -0.136. The molecule has 7 nitrogen and oxygen atoms in total. The molecular formula is C14H19N3O4. The number of nitrogens with one attached hydrogen (secondary N) is 1. The van der Waals surface area contributed by atoms with Gasteiger partial charge in [-0.1, -0.05) is 0 Å². The third kappa shape index (κ3) is 4.42. The van der Waals surface area contributed by atoms with Crippen molar-refractivity contribution in [2.45, 2.75) is 25.4 Å². The molecule has 0 spiro atoms. The molecule has 0 aromatic carbocycles. The number of methoxy groups -OCH3 is 1. The molecule has 1 atom stereocenters. The van der Waals surface area contributed by atoms with E-state index in [-0.39, 0.29) is 18.6 Å². The number of likely N-dealkylation sites (tertiary alicyclic amines) is 1. The van der Waals surface area contributed by atoms with E-state index in [0.29, 0.717) is 24.5 Å². The summed E-state index contributed by atoms with van der Waals surface area (Å²) in [5.41, 5.74) is 1.01. The number of amides is 2. The first-order valence-electron chi connectivity index (χ1n) is 6.84. The van der Waals surface area contributed by atoms with Crippen LogP contribution in [0.1, 0.15) is 18.5 Å². The lowest BCUT2D eigenvalue weighted by atomic mass is 10.1. The summed E-state index contributed by atoms with van der Waals surface area (Å²) in [6, 6.07) is 3.06. The smallest absolute Gasteiger partial charge is 0.321 e. The summed E-state index contributed by atoms with van der Waals surface area (Å²) in [6.07, 6.45) is 3.30. The van der Waals surface area contributed by atoms with E-state index in [0.717, 1.165) is 12.8 Å². The minimum Gasteiger partial charge on any atom is -0.481 e. The van der Waals surface area contributed by atoms with E-state index in [4.69, 9.17) is 9.84 Å². The summed E-state index contributed by atoms with van der Waals surface area (Å²) >= 11 is 0. The molecule has 0 bridgehead atoms. The predicted octanol–water partition coefficient (Wildman–Crippen LogP) is 1.35. The number of nitrogens with zero attached hydrogens (tertiary/aromatic N) is 2. The highest BCUT2D eigenvalue weighted by Gasteiger charge is 2.23. The van der Waals surface area contributed by atoms with Crippen LogP contribution in [0.5, 0.6) is 0 Å². The van der Waals surface area contributed by atoms with Crippen molar-refractivity contribution < 1.29 is 19.4 Å². The standard InChI is InChI=1S/C14H19N3O4/c1-21-12-3-2-6-17(9-12)14(20)16-11-5-4-10(15-8-11)7-13(18)19/h4-5,8,12H,2-3,6-7,9H2,1H3,(H,16,20)(H,18,19). The van der Waals surface area contributed by atoms with Gasteiger partial charge in [0.2, 0.25) is 0 Å². The molecule has 1 aliphatic rings. The number of urea groups is 1. The molecule has 1 aliphatic heterocycles. The van der Waals surface area contributed by atoms with E-state index in [1.165, 1.54) is 6.20 Å². The molecular weight excluding hydrogens is 274 g/mol. The molecule has 2 N–H and O–H groups in total. The average Bonchev–Trinajstić information content (AvgIpc) is 2.49. The number of piperidine rings is 1. The molecule has 114 valence electrons. The normalized spacial score (nSPS) is 18.3. The summed E-state index contributed by atoms with van der Waals surface area (Å²) in [5, 5.41) is 11.4. The molecule has 0 aliphatic carbocycles. The van der Waals surface area contributed by atoms with Crippen LogP contribution in [-0.4, -0.2) is 53.3 Å². The fraction of sp³-hybridized carbons (Fsp3) is 0.500. The lowest BCUT2D eigenvalue weighted by Crippen LogP contribution is -2.44. The number of aromatic nitrogens is 1. The van der Waals surface area contributed by atoms with Gasteiger partial charge in [-0.25, -0.2) is 4.79 Å². The minimum absolute atomic E-state index is 0.0839. The maximum atomic E-state index is 12.1. The van der Waals surface area contributed by atoms with Crippen LogP contribution in [0.2, 0.25) is 0 Å². The monoisotopic (exact) mass is 293 g/mol. The van der Waals surface area contributed by atoms with Crippen LogP contribution < -0.4 is 5.32 Å². The summed E-state index contributed by atoms with van der Waals surface area (Å²) in [4.78, 5) is 28.4. The molecule has 1 aromatic heterocycles. The summed E-state index contributed by atoms with van der Waals surface area (Å²) < 4.78 is 5.28. The lowest BCUT2D eigenvalue weighted by Gasteiger charge is -2.31. The van der Waals surface area contributed by atoms with Crippen molar-refractivity contribution in [3.8, 4) is 0 Å². The maximum Gasteiger partial charge on any atom is 0.321 e. The second kappa shape index (κ2) is 7.03. The van der Waals surface area contributed by atoms with Crippen LogP contribution in [-0.2, 0) is 16.0 Å². The van der Waals surface area contributed by atoms with Crippen LogP contribution in [0.4, 0.5) is 10.5 Å². The highest BCUT2D eigenvalue weighted by Crippen LogP contribution is 2.14. The fourth-order valence-electron chi connectivity index (χ4n) is 2.28. The van der Waals surface area contributed by atoms with Gasteiger partial charge in [0, 0.05) is 20.2 Å². The fourth-order valence-corrected chi connectivity index (χ4v) is 2.28. The van der Waals surface area contributed by atoms with Gasteiger partial charge in [0.05, 0.1) is 30.1 Å². The topological polar surface area (TPSA) is 91.8 Å². The molecule has 1 unspecified atom stereocenters. The number of rotatable bonds is 4. The first-order chi connectivity index (χ1) is 10.1. The molecule has 0 radical (unpaired) electrons. The molecule has 7 heteroatoms. The zero-order valence-electron chi connectivity index (χ0n) is 11.9. The first-order valence-corrected chi connectivity index (χ1v) is 6.84. The van der Waals surface area contributed by atoms with Crippen molar-refractivity contribution in [2.75, 3.05) is 25.5 Å². The van der Waals surface area contributed by atoms with Crippen molar-refractivity contribution in [2.24, 2.45) is 0 Å². The summed E-state index contributed by atoms with van der Waals surface area (Å²) in [7, 11) is 1.65. The molecule has 1 fully saturated rings. The van der Waals surface area contributed by atoms with E-state index in [1.807, 2.05) is 0 Å². The van der Waals surface area contributed by atoms with Gasteiger partial charge in [0.1, 0.15) is 0 Å². The van der Waals surface area contributed by atoms with Crippen LogP contribution in [0.25, 0.3) is 0 Å². The first kappa shape index (κ1) is 15.2. The Morgan fingerprint density at radius 1 is 1.52 bits per heavy atom. The van der Waals surface area contributed by atoms with Gasteiger partial charge >= 0.3 is 12.0 Å². The van der Waals surface area contributed by atoms with Gasteiger partial charge in [-0.05, 0) is 25.0 Å². The second-order valence-electron chi connectivity index (χ2n) is 4.98. The van der Waals surface area contributed by atoms with Gasteiger partial charge in [0.15, 0.2) is 0 Å². The Kier molecular flexibility index (Phi) is 5.10. The number of carboxylic acid groups (broad SMARTS) is 1. The zero-order valence-corrected chi connectivity index (χ0v) is 11.9. The average molecular weight is 293 g/mol. The van der Waals surface area contributed by atoms with Gasteiger partial charge in [-0.15, -0.1) is 0 Å². The number of carbonyl (C=O) groups excluding carboxylic acids is 1. The second-order valence-corrected chi connectivity index (χ2v) is 4.98. The predicted molar refractivity (Wildman–Crippen MR) is 76.2 cm³/mol. The Morgan fingerprint density at radius 2 is 2.33 bits per heavy atom. The van der Waals surface area contributed by atoms with Crippen molar-refractivity contribution in [3.05, 3.63) is 24.0 Å². The quantitative estimate of drug-likeness (QED) is 0.874. The van der Waals surface area contributed by atoms with E-state index in [9.17, 15) is 9.59 Å². The summed E-state index contributed by atoms with van der Waals surface area (Å²) in [6.45, 7) is 1.28. The van der Waals surface area contributed by atoms with Gasteiger partial charge < -0.3 is 20.1 Å². The van der Waals surface area contributed by atoms with Crippen molar-refractivity contribution in [1.29, 1.82) is 0 Å². The Hall–Kier alpha value is -2.15. The Bertz CT molecular complexity index is 503. The Labute approximate surface area is 122 Å². The molecule has 1 saturated heterocycles. The van der Waals surface area contributed by atoms with E-state index >= 15 is 0 Å². The van der Waals surface area contributed by atoms with E-state index in [2.05, 4.69) is 10.3 Å². The molecule has 2 heterocycles. The molecule has 21 heavy (non-hydrogen) atoms. The van der Waals surface area contributed by atoms with Gasteiger partial charge in [-0.3, -0.25) is 9.78 Å². The van der Waals surface area contributed by atoms with Crippen LogP contribution >= 0.6 is 0 Å². The van der Waals surface area contributed by atoms with Gasteiger partial charge in [-0.2, -0.15) is 0 Å². The summed E-state index contributed by atoms with van der Waals surface area (Å²) in [5.74, 6) is -0.932. The van der Waals surface area contributed by atoms with Crippen LogP contribution in [0.3, 0.4) is 0 Å². The number of carboxylic acids is 1. The van der Waals surface area contributed by atoms with Crippen molar-refractivity contribution in [1.82, 2.24) is 9.88 Å². The van der Waals surface area contributed by atoms with E-state index < -0.39 is 5.97 Å². The SMILES string of the molecule is COC1CCCN(C(=O)Nc2ccc(CC(=O)O)nc2)C1. The van der Waals surface area contributed by atoms with Gasteiger partial charge in [0.25, 0.3) is 0 Å². The highest BCUT2D eigenvalue weighted by molar-refractivity contribution is 5.89. The highest BCUT2D eigenvalue weighted by atomic mass is 16.5. The molecule has 2 amide bonds. The zero-order chi connectivity index (χ0) is 15.2. The number of hydrogen-bond donors (Lipinski definition) is 2. The van der Waals surface area contributed by atoms with Crippen LogP contribution in [0, 0.1) is 0 Å². The number of carbonyl (C=O) groups is 2. The molecule has 1 aromatic rings.